The Kier molecular flexibility index (Phi) is 3.86. The fourth-order valence-corrected chi connectivity index (χ4v) is 3.33. The molecule has 0 fully saturated rings. The monoisotopic (exact) mass is 363 g/mol. The zero-order valence-electron chi connectivity index (χ0n) is 15.4. The van der Waals surface area contributed by atoms with E-state index >= 15 is 0 Å². The highest BCUT2D eigenvalue weighted by atomic mass is 16.6. The minimum Gasteiger partial charge on any atom is -0.455 e. The first kappa shape index (κ1) is 17.4. The van der Waals surface area contributed by atoms with Gasteiger partial charge in [-0.25, -0.2) is 4.79 Å². The fraction of sp³-hybridized carbons (Fsp3) is 0.227. The molecular weight excluding hydrogens is 342 g/mol. The zero-order valence-corrected chi connectivity index (χ0v) is 15.4. The van der Waals surface area contributed by atoms with Gasteiger partial charge in [0.15, 0.2) is 0 Å². The molecule has 1 aliphatic heterocycles. The van der Waals surface area contributed by atoms with Gasteiger partial charge in [-0.1, -0.05) is 39.0 Å². The van der Waals surface area contributed by atoms with Gasteiger partial charge in [0, 0.05) is 16.3 Å². The maximum atomic E-state index is 12.1. The minimum absolute atomic E-state index is 0.0105. The van der Waals surface area contributed by atoms with Gasteiger partial charge in [-0.05, 0) is 41.3 Å². The number of carbonyl (C=O) groups is 1. The number of nitrogen functional groups attached to an aromatic ring is 1. The minimum atomic E-state index is -1.28. The van der Waals surface area contributed by atoms with Crippen LogP contribution in [-0.2, 0) is 10.2 Å². The van der Waals surface area contributed by atoms with Crippen molar-refractivity contribution < 1.29 is 19.4 Å². The number of anilines is 1. The Morgan fingerprint density at radius 2 is 1.81 bits per heavy atom. The van der Waals surface area contributed by atoms with Gasteiger partial charge in [0.25, 0.3) is 0 Å². The Hall–Kier alpha value is -3.05. The molecule has 3 N–H and O–H groups in total. The predicted octanol–water partition coefficient (Wildman–Crippen LogP) is 4.67. The lowest BCUT2D eigenvalue weighted by molar-refractivity contribution is -0.0686. The molecule has 4 rings (SSSR count). The topological polar surface area (TPSA) is 81.8 Å². The van der Waals surface area contributed by atoms with E-state index in [9.17, 15) is 9.90 Å². The first-order chi connectivity index (χ1) is 12.8. The van der Waals surface area contributed by atoms with Crippen LogP contribution in [0.25, 0.3) is 10.8 Å². The Balaban J connectivity index is 1.81. The lowest BCUT2D eigenvalue weighted by Crippen LogP contribution is -2.17. The fourth-order valence-electron chi connectivity index (χ4n) is 3.33. The van der Waals surface area contributed by atoms with Crippen LogP contribution < -0.4 is 10.5 Å². The molecule has 3 aromatic rings. The van der Waals surface area contributed by atoms with Crippen molar-refractivity contribution in [2.24, 2.45) is 0 Å². The number of benzene rings is 3. The summed E-state index contributed by atoms with van der Waals surface area (Å²) in [4.78, 5) is 12.1. The molecule has 27 heavy (non-hydrogen) atoms. The summed E-state index contributed by atoms with van der Waals surface area (Å²) in [6.45, 7) is 6.37. The van der Waals surface area contributed by atoms with Crippen molar-refractivity contribution in [3.8, 4) is 11.5 Å². The van der Waals surface area contributed by atoms with Crippen molar-refractivity contribution in [3.63, 3.8) is 0 Å². The lowest BCUT2D eigenvalue weighted by Gasteiger charge is -2.23. The number of nitrogens with two attached hydrogens (primary N) is 1. The highest BCUT2D eigenvalue weighted by Crippen LogP contribution is 2.41. The summed E-state index contributed by atoms with van der Waals surface area (Å²) >= 11 is 0. The second kappa shape index (κ2) is 5.99. The van der Waals surface area contributed by atoms with Crippen LogP contribution in [-0.4, -0.2) is 11.1 Å². The molecule has 0 spiro atoms. The molecule has 0 saturated carbocycles. The van der Waals surface area contributed by atoms with Gasteiger partial charge < -0.3 is 20.3 Å². The Morgan fingerprint density at radius 3 is 2.52 bits per heavy atom. The molecule has 1 atom stereocenters. The molecule has 0 amide bonds. The van der Waals surface area contributed by atoms with Gasteiger partial charge in [0.1, 0.15) is 11.5 Å². The number of hydrogen-bond acceptors (Lipinski definition) is 5. The van der Waals surface area contributed by atoms with E-state index in [1.54, 1.807) is 24.3 Å². The van der Waals surface area contributed by atoms with Crippen LogP contribution in [0.1, 0.15) is 48.5 Å². The molecule has 0 saturated heterocycles. The van der Waals surface area contributed by atoms with Crippen molar-refractivity contribution in [2.45, 2.75) is 32.5 Å². The van der Waals surface area contributed by atoms with E-state index in [4.69, 9.17) is 15.2 Å². The van der Waals surface area contributed by atoms with E-state index in [1.165, 1.54) is 0 Å². The lowest BCUT2D eigenvalue weighted by atomic mass is 9.87. The highest BCUT2D eigenvalue weighted by molar-refractivity contribution is 6.09. The zero-order chi connectivity index (χ0) is 19.3. The van der Waals surface area contributed by atoms with Crippen LogP contribution >= 0.6 is 0 Å². The van der Waals surface area contributed by atoms with E-state index in [1.807, 2.05) is 24.3 Å². The summed E-state index contributed by atoms with van der Waals surface area (Å²) in [7, 11) is 0. The third-order valence-corrected chi connectivity index (χ3v) is 4.83. The van der Waals surface area contributed by atoms with E-state index in [0.29, 0.717) is 33.7 Å². The highest BCUT2D eigenvalue weighted by Gasteiger charge is 2.28. The molecule has 0 aliphatic carbocycles. The van der Waals surface area contributed by atoms with Gasteiger partial charge in [0.05, 0.1) is 11.3 Å². The second-order valence-corrected chi connectivity index (χ2v) is 7.74. The summed E-state index contributed by atoms with van der Waals surface area (Å²) < 4.78 is 11.1. The number of aliphatic hydroxyl groups excluding tert-OH is 1. The number of ether oxygens (including phenoxy) is 2. The maximum Gasteiger partial charge on any atom is 0.341 e. The van der Waals surface area contributed by atoms with E-state index in [-0.39, 0.29) is 5.41 Å². The van der Waals surface area contributed by atoms with Crippen molar-refractivity contribution in [2.75, 3.05) is 5.73 Å². The van der Waals surface area contributed by atoms with E-state index in [2.05, 4.69) is 20.8 Å². The van der Waals surface area contributed by atoms with Gasteiger partial charge in [-0.15, -0.1) is 0 Å². The number of esters is 1. The van der Waals surface area contributed by atoms with Crippen LogP contribution in [0.3, 0.4) is 0 Å². The second-order valence-electron chi connectivity index (χ2n) is 7.74. The first-order valence-electron chi connectivity index (χ1n) is 8.78. The third kappa shape index (κ3) is 2.90. The molecule has 1 heterocycles. The van der Waals surface area contributed by atoms with Crippen LogP contribution in [0.4, 0.5) is 5.69 Å². The average molecular weight is 363 g/mol. The van der Waals surface area contributed by atoms with E-state index in [0.717, 1.165) is 10.9 Å². The number of carbonyl (C=O) groups excluding carboxylic acids is 1. The van der Waals surface area contributed by atoms with Crippen molar-refractivity contribution in [1.82, 2.24) is 0 Å². The Morgan fingerprint density at radius 1 is 1.07 bits per heavy atom. The molecule has 0 bridgehead atoms. The van der Waals surface area contributed by atoms with Crippen LogP contribution in [0, 0.1) is 0 Å². The van der Waals surface area contributed by atoms with Crippen molar-refractivity contribution in [1.29, 1.82) is 0 Å². The largest absolute Gasteiger partial charge is 0.455 e. The molecule has 138 valence electrons. The normalized spacial score (nSPS) is 16.3. The van der Waals surface area contributed by atoms with Crippen LogP contribution in [0.5, 0.6) is 11.5 Å². The average Bonchev–Trinajstić information content (AvgIpc) is 2.61. The Labute approximate surface area is 157 Å². The molecule has 0 radical (unpaired) electrons. The summed E-state index contributed by atoms with van der Waals surface area (Å²) in [5.74, 6) is 0.558. The van der Waals surface area contributed by atoms with E-state index < -0.39 is 12.3 Å². The molecule has 3 aromatic carbocycles. The van der Waals surface area contributed by atoms with Crippen molar-refractivity contribution >= 4 is 22.4 Å². The maximum absolute atomic E-state index is 12.1. The quantitative estimate of drug-likeness (QED) is 0.511. The van der Waals surface area contributed by atoms with Crippen molar-refractivity contribution in [3.05, 3.63) is 65.2 Å². The number of aliphatic hydroxyl groups is 1. The van der Waals surface area contributed by atoms with Gasteiger partial charge in [-0.2, -0.15) is 0 Å². The number of rotatable bonds is 2. The van der Waals surface area contributed by atoms with Gasteiger partial charge in [-0.3, -0.25) is 0 Å². The molecule has 1 unspecified atom stereocenters. The smallest absolute Gasteiger partial charge is 0.341 e. The SMILES string of the molecule is CC(C)(C)c1ccc(Oc2ccc3c4c(cccc24)C(=O)OC3O)c(N)c1. The Bertz CT molecular complexity index is 1070. The number of cyclic esters (lactones) is 1. The summed E-state index contributed by atoms with van der Waals surface area (Å²) in [5.41, 5.74) is 8.82. The molecule has 1 aliphatic rings. The summed E-state index contributed by atoms with van der Waals surface area (Å²) in [6.07, 6.45) is -1.28. The first-order valence-corrected chi connectivity index (χ1v) is 8.78. The summed E-state index contributed by atoms with van der Waals surface area (Å²) in [6, 6.07) is 14.5. The standard InChI is InChI=1S/C22H21NO4/c1-22(2,3)12-7-9-18(16(23)11-12)26-17-10-8-15-19-13(17)5-4-6-14(19)20(24)27-21(15)25/h4-11,21,25H,23H2,1-3H3. The molecule has 5 heteroatoms. The third-order valence-electron chi connectivity index (χ3n) is 4.83. The van der Waals surface area contributed by atoms with Crippen LogP contribution in [0.15, 0.2) is 48.5 Å². The molecule has 0 aromatic heterocycles. The van der Waals surface area contributed by atoms with Gasteiger partial charge in [0.2, 0.25) is 6.29 Å². The van der Waals surface area contributed by atoms with Gasteiger partial charge >= 0.3 is 5.97 Å². The predicted molar refractivity (Wildman–Crippen MR) is 104 cm³/mol. The molecule has 5 nitrogen and oxygen atoms in total. The van der Waals surface area contributed by atoms with Crippen LogP contribution in [0.2, 0.25) is 0 Å². The number of hydrogen-bond donors (Lipinski definition) is 2. The molecular formula is C22H21NO4. The summed E-state index contributed by atoms with van der Waals surface area (Å²) in [5, 5.41) is 11.4.